The maximum absolute atomic E-state index is 13.0. The predicted molar refractivity (Wildman–Crippen MR) is 134 cm³/mol. The lowest BCUT2D eigenvalue weighted by molar-refractivity contribution is -0.125. The second-order valence-corrected chi connectivity index (χ2v) is 10.1. The van der Waals surface area contributed by atoms with Gasteiger partial charge in [-0.15, -0.1) is 0 Å². The third kappa shape index (κ3) is 6.02. The normalized spacial score (nSPS) is 18.6. The second-order valence-electron chi connectivity index (χ2n) is 9.11. The smallest absolute Gasteiger partial charge is 0.273 e. The zero-order chi connectivity index (χ0) is 23.9. The van der Waals surface area contributed by atoms with Gasteiger partial charge >= 0.3 is 0 Å². The van der Waals surface area contributed by atoms with Gasteiger partial charge in [0.15, 0.2) is 10.8 Å². The van der Waals surface area contributed by atoms with Crippen LogP contribution in [0.2, 0.25) is 0 Å². The molecule has 4 rings (SSSR count). The molecular formula is C24H34N6O3S. The van der Waals surface area contributed by atoms with E-state index in [1.165, 1.54) is 40.6 Å². The van der Waals surface area contributed by atoms with E-state index < -0.39 is 0 Å². The van der Waals surface area contributed by atoms with Crippen molar-refractivity contribution in [3.63, 3.8) is 0 Å². The van der Waals surface area contributed by atoms with Crippen LogP contribution in [0, 0.1) is 5.92 Å². The van der Waals surface area contributed by atoms with E-state index in [0.29, 0.717) is 35.1 Å². The Hall–Kier alpha value is -2.75. The number of allylic oxidation sites excluding steroid dienone is 1. The minimum atomic E-state index is -0.256. The molecule has 2 aliphatic rings. The van der Waals surface area contributed by atoms with Gasteiger partial charge in [0, 0.05) is 26.2 Å². The van der Waals surface area contributed by atoms with Crippen LogP contribution < -0.4 is 21.1 Å². The van der Waals surface area contributed by atoms with Gasteiger partial charge in [-0.1, -0.05) is 29.9 Å². The molecule has 0 radical (unpaired) electrons. The zero-order valence-electron chi connectivity index (χ0n) is 19.8. The van der Waals surface area contributed by atoms with Gasteiger partial charge < -0.3 is 15.5 Å². The molecule has 2 aromatic heterocycles. The summed E-state index contributed by atoms with van der Waals surface area (Å²) >= 11 is 1.29. The molecule has 1 aliphatic heterocycles. The molecule has 1 unspecified atom stereocenters. The Kier molecular flexibility index (Phi) is 8.31. The highest BCUT2D eigenvalue weighted by molar-refractivity contribution is 7.22. The summed E-state index contributed by atoms with van der Waals surface area (Å²) in [5.41, 5.74) is 1.54. The summed E-state index contributed by atoms with van der Waals surface area (Å²) in [5, 5.41) is 6.60. The molecule has 1 saturated heterocycles. The molecule has 2 aromatic rings. The van der Waals surface area contributed by atoms with Crippen molar-refractivity contribution in [1.29, 1.82) is 0 Å². The average molecular weight is 487 g/mol. The lowest BCUT2D eigenvalue weighted by Crippen LogP contribution is -2.43. The van der Waals surface area contributed by atoms with Crippen LogP contribution in [0.3, 0.4) is 0 Å². The number of carbonyl (C=O) groups is 2. The molecule has 34 heavy (non-hydrogen) atoms. The summed E-state index contributed by atoms with van der Waals surface area (Å²) in [6.45, 7) is 4.63. The minimum Gasteiger partial charge on any atom is -0.356 e. The van der Waals surface area contributed by atoms with Crippen molar-refractivity contribution >= 4 is 38.6 Å². The van der Waals surface area contributed by atoms with Crippen LogP contribution in [0.5, 0.6) is 0 Å². The monoisotopic (exact) mass is 486 g/mol. The van der Waals surface area contributed by atoms with Crippen molar-refractivity contribution in [2.24, 2.45) is 5.92 Å². The maximum Gasteiger partial charge on any atom is 0.273 e. The number of rotatable bonds is 9. The van der Waals surface area contributed by atoms with Crippen LogP contribution in [0.4, 0.5) is 5.13 Å². The van der Waals surface area contributed by atoms with E-state index in [-0.39, 0.29) is 29.8 Å². The van der Waals surface area contributed by atoms with Crippen LogP contribution in [-0.4, -0.2) is 52.5 Å². The number of carbonyl (C=O) groups excluding carboxylic acids is 2. The van der Waals surface area contributed by atoms with E-state index in [4.69, 9.17) is 0 Å². The first-order valence-electron chi connectivity index (χ1n) is 12.4. The van der Waals surface area contributed by atoms with Gasteiger partial charge in [0.25, 0.3) is 5.56 Å². The van der Waals surface area contributed by atoms with E-state index in [2.05, 4.69) is 31.6 Å². The molecule has 1 aliphatic carbocycles. The quantitative estimate of drug-likeness (QED) is 0.528. The Morgan fingerprint density at radius 1 is 1.21 bits per heavy atom. The van der Waals surface area contributed by atoms with Crippen LogP contribution in [0.1, 0.15) is 58.3 Å². The number of amides is 2. The van der Waals surface area contributed by atoms with Gasteiger partial charge in [-0.2, -0.15) is 4.98 Å². The molecule has 10 heteroatoms. The molecule has 184 valence electrons. The Morgan fingerprint density at radius 2 is 2.09 bits per heavy atom. The van der Waals surface area contributed by atoms with Crippen LogP contribution in [0.15, 0.2) is 22.8 Å². The van der Waals surface area contributed by atoms with Gasteiger partial charge in [0.2, 0.25) is 11.8 Å². The first-order chi connectivity index (χ1) is 16.5. The van der Waals surface area contributed by atoms with Crippen molar-refractivity contribution in [2.45, 2.75) is 64.8 Å². The van der Waals surface area contributed by atoms with Crippen molar-refractivity contribution in [3.05, 3.63) is 28.3 Å². The number of thiazole rings is 1. The van der Waals surface area contributed by atoms with Gasteiger partial charge in [0.05, 0.1) is 5.92 Å². The standard InChI is InChI=1S/C24H34N6O3S/c1-2-11-26-22(32)18-9-6-13-29(14-18)24-28-21-20(34-24)23(33)30(16-27-21)15-19(31)25-12-10-17-7-4-3-5-8-17/h7,16,18H,2-6,8-15H2,1H3,(H,25,31)(H,26,32). The summed E-state index contributed by atoms with van der Waals surface area (Å²) in [6.07, 6.45) is 11.9. The second kappa shape index (κ2) is 11.6. The molecule has 0 spiro atoms. The minimum absolute atomic E-state index is 0.0581. The zero-order valence-corrected chi connectivity index (χ0v) is 20.7. The summed E-state index contributed by atoms with van der Waals surface area (Å²) < 4.78 is 1.78. The number of nitrogens with one attached hydrogen (secondary N) is 2. The van der Waals surface area contributed by atoms with E-state index in [9.17, 15) is 14.4 Å². The highest BCUT2D eigenvalue weighted by Crippen LogP contribution is 2.29. The van der Waals surface area contributed by atoms with E-state index in [1.54, 1.807) is 0 Å². The molecule has 0 bridgehead atoms. The van der Waals surface area contributed by atoms with Crippen LogP contribution in [0.25, 0.3) is 10.3 Å². The molecule has 1 atom stereocenters. The van der Waals surface area contributed by atoms with Crippen molar-refractivity contribution in [3.8, 4) is 0 Å². The Balaban J connectivity index is 1.38. The average Bonchev–Trinajstić information content (AvgIpc) is 3.30. The Bertz CT molecular complexity index is 1110. The van der Waals surface area contributed by atoms with Crippen molar-refractivity contribution < 1.29 is 9.59 Å². The van der Waals surface area contributed by atoms with E-state index >= 15 is 0 Å². The molecule has 0 saturated carbocycles. The summed E-state index contributed by atoms with van der Waals surface area (Å²) in [4.78, 5) is 48.8. The predicted octanol–water partition coefficient (Wildman–Crippen LogP) is 2.60. The number of hydrogen-bond acceptors (Lipinski definition) is 7. The lowest BCUT2D eigenvalue weighted by atomic mass is 9.97. The highest BCUT2D eigenvalue weighted by atomic mass is 32.1. The fourth-order valence-electron chi connectivity index (χ4n) is 4.55. The lowest BCUT2D eigenvalue weighted by Gasteiger charge is -2.31. The molecule has 3 heterocycles. The number of piperidine rings is 1. The fraction of sp³-hybridized carbons (Fsp3) is 0.625. The van der Waals surface area contributed by atoms with Gasteiger partial charge in [-0.3, -0.25) is 19.0 Å². The van der Waals surface area contributed by atoms with Gasteiger partial charge in [0.1, 0.15) is 17.6 Å². The third-order valence-electron chi connectivity index (χ3n) is 6.45. The van der Waals surface area contributed by atoms with Crippen LogP contribution in [-0.2, 0) is 16.1 Å². The molecule has 2 amide bonds. The topological polar surface area (TPSA) is 109 Å². The van der Waals surface area contributed by atoms with E-state index in [0.717, 1.165) is 45.1 Å². The summed E-state index contributed by atoms with van der Waals surface area (Å²) in [5.74, 6) is -0.190. The van der Waals surface area contributed by atoms with E-state index in [1.807, 2.05) is 6.92 Å². The molecule has 1 fully saturated rings. The number of fused-ring (bicyclic) bond motifs is 1. The number of hydrogen-bond donors (Lipinski definition) is 2. The third-order valence-corrected chi connectivity index (χ3v) is 7.55. The first-order valence-corrected chi connectivity index (χ1v) is 13.2. The fourth-order valence-corrected chi connectivity index (χ4v) is 5.55. The van der Waals surface area contributed by atoms with Gasteiger partial charge in [-0.25, -0.2) is 4.98 Å². The number of nitrogens with zero attached hydrogens (tertiary/aromatic N) is 4. The largest absolute Gasteiger partial charge is 0.356 e. The molecule has 9 nitrogen and oxygen atoms in total. The highest BCUT2D eigenvalue weighted by Gasteiger charge is 2.27. The molecule has 0 aromatic carbocycles. The summed E-state index contributed by atoms with van der Waals surface area (Å²) in [7, 11) is 0. The maximum atomic E-state index is 13.0. The number of anilines is 1. The molecular weight excluding hydrogens is 452 g/mol. The summed E-state index contributed by atoms with van der Waals surface area (Å²) in [6, 6.07) is 0. The molecule has 2 N–H and O–H groups in total. The van der Waals surface area contributed by atoms with Gasteiger partial charge in [-0.05, 0) is 51.4 Å². The van der Waals surface area contributed by atoms with Crippen molar-refractivity contribution in [1.82, 2.24) is 25.2 Å². The van der Waals surface area contributed by atoms with Crippen LogP contribution >= 0.6 is 11.3 Å². The SMILES string of the molecule is CCCNC(=O)C1CCCN(c2nc3ncn(CC(=O)NCCC4=CCCCC4)c(=O)c3s2)C1. The Morgan fingerprint density at radius 3 is 2.88 bits per heavy atom. The Labute approximate surface area is 203 Å². The number of aromatic nitrogens is 3. The van der Waals surface area contributed by atoms with Crippen molar-refractivity contribution in [2.75, 3.05) is 31.1 Å². The first kappa shape index (κ1) is 24.4.